The van der Waals surface area contributed by atoms with Crippen LogP contribution in [-0.4, -0.2) is 31.4 Å². The minimum Gasteiger partial charge on any atom is -0.383 e. The summed E-state index contributed by atoms with van der Waals surface area (Å²) in [6.07, 6.45) is 11.4. The summed E-state index contributed by atoms with van der Waals surface area (Å²) in [5.74, 6) is 2.32. The zero-order valence-corrected chi connectivity index (χ0v) is 21.2. The SMILES string of the molecule is C#C[C@]1(CCc2cc(F)c3cc(Cl)c(N)nc3c2)CC[C@@]2(n3ccc4c(N)ncnc43)OC(C)(C)O[C@H]12. The van der Waals surface area contributed by atoms with Crippen LogP contribution in [0.2, 0.25) is 5.02 Å². The van der Waals surface area contributed by atoms with E-state index in [-0.39, 0.29) is 10.8 Å². The molecule has 4 heterocycles. The number of anilines is 2. The van der Waals surface area contributed by atoms with E-state index in [1.807, 2.05) is 36.7 Å². The molecule has 1 aliphatic carbocycles. The number of nitrogens with two attached hydrogens (primary N) is 2. The second-order valence-electron chi connectivity index (χ2n) is 10.3. The third-order valence-electron chi connectivity index (χ3n) is 7.66. The standard InChI is InChI=1S/C27H26ClFN6O2/c1-4-26(7-5-15-11-19(29)17-13-18(28)22(31)34-20(17)12-15)8-9-27(24(26)36-25(2,3)37-27)35-10-6-16-21(30)32-14-33-23(16)35/h1,6,10-14,24H,5,7-9H2,2-3H3,(H2,31,34)(H2,30,32,33)/t24-,26+,27-/m1/s1. The first-order valence-electron chi connectivity index (χ1n) is 12.1. The molecule has 1 aromatic carbocycles. The van der Waals surface area contributed by atoms with Crippen LogP contribution in [0.1, 0.15) is 38.7 Å². The number of terminal acetylenes is 1. The summed E-state index contributed by atoms with van der Waals surface area (Å²) in [5.41, 5.74) is 12.3. The molecule has 0 spiro atoms. The number of ether oxygens (including phenoxy) is 2. The number of halogens is 2. The van der Waals surface area contributed by atoms with E-state index in [0.29, 0.717) is 48.1 Å². The molecular formula is C27H26ClFN6O2. The van der Waals surface area contributed by atoms with E-state index >= 15 is 0 Å². The highest BCUT2D eigenvalue weighted by molar-refractivity contribution is 6.33. The largest absolute Gasteiger partial charge is 0.383 e. The van der Waals surface area contributed by atoms with E-state index in [4.69, 9.17) is 39.0 Å². The van der Waals surface area contributed by atoms with Crippen LogP contribution < -0.4 is 11.5 Å². The molecule has 2 fully saturated rings. The molecule has 1 saturated carbocycles. The fourth-order valence-corrected chi connectivity index (χ4v) is 6.13. The third-order valence-corrected chi connectivity index (χ3v) is 7.96. The maximum atomic E-state index is 14.9. The minimum atomic E-state index is -0.877. The van der Waals surface area contributed by atoms with Gasteiger partial charge in [-0.05, 0) is 62.9 Å². The first-order chi connectivity index (χ1) is 17.6. The van der Waals surface area contributed by atoms with Crippen molar-refractivity contribution in [1.29, 1.82) is 0 Å². The molecule has 3 atom stereocenters. The van der Waals surface area contributed by atoms with Gasteiger partial charge in [-0.3, -0.25) is 0 Å². The highest BCUT2D eigenvalue weighted by Gasteiger charge is 2.66. The van der Waals surface area contributed by atoms with Gasteiger partial charge in [0.2, 0.25) is 0 Å². The van der Waals surface area contributed by atoms with E-state index < -0.39 is 28.8 Å². The van der Waals surface area contributed by atoms with Crippen molar-refractivity contribution in [3.8, 4) is 12.3 Å². The molecule has 4 aromatic rings. The number of fused-ring (bicyclic) bond motifs is 3. The number of nitrogen functional groups attached to an aromatic ring is 2. The lowest BCUT2D eigenvalue weighted by atomic mass is 9.78. The molecule has 1 saturated heterocycles. The number of hydrogen-bond donors (Lipinski definition) is 2. The Bertz CT molecular complexity index is 1610. The second-order valence-corrected chi connectivity index (χ2v) is 10.7. The van der Waals surface area contributed by atoms with Crippen molar-refractivity contribution in [2.75, 3.05) is 11.5 Å². The van der Waals surface area contributed by atoms with Crippen LogP contribution in [0.4, 0.5) is 16.0 Å². The Kier molecular flexibility index (Phi) is 5.19. The predicted molar refractivity (Wildman–Crippen MR) is 140 cm³/mol. The highest BCUT2D eigenvalue weighted by atomic mass is 35.5. The number of nitrogens with zero attached hydrogens (tertiary/aromatic N) is 4. The Morgan fingerprint density at radius 3 is 2.78 bits per heavy atom. The fraction of sp³-hybridized carbons (Fsp3) is 0.370. The van der Waals surface area contributed by atoms with Gasteiger partial charge >= 0.3 is 0 Å². The molecule has 10 heteroatoms. The van der Waals surface area contributed by atoms with Crippen molar-refractivity contribution in [3.63, 3.8) is 0 Å². The Balaban J connectivity index is 1.38. The molecule has 2 aliphatic rings. The first kappa shape index (κ1) is 23.9. The molecule has 37 heavy (non-hydrogen) atoms. The van der Waals surface area contributed by atoms with E-state index in [1.165, 1.54) is 18.5 Å². The number of aromatic nitrogens is 4. The summed E-state index contributed by atoms with van der Waals surface area (Å²) in [4.78, 5) is 12.9. The topological polar surface area (TPSA) is 114 Å². The number of benzene rings is 1. The molecule has 1 aliphatic heterocycles. The van der Waals surface area contributed by atoms with Crippen molar-refractivity contribution in [2.24, 2.45) is 5.41 Å². The zero-order chi connectivity index (χ0) is 26.2. The highest BCUT2D eigenvalue weighted by Crippen LogP contribution is 2.59. The summed E-state index contributed by atoms with van der Waals surface area (Å²) in [7, 11) is 0. The number of pyridine rings is 1. The Hall–Kier alpha value is -3.45. The normalized spacial score (nSPS) is 26.5. The molecular weight excluding hydrogens is 495 g/mol. The molecule has 0 unspecified atom stereocenters. The van der Waals surface area contributed by atoms with Gasteiger partial charge in [0.05, 0.1) is 21.3 Å². The maximum absolute atomic E-state index is 14.9. The van der Waals surface area contributed by atoms with E-state index in [1.54, 1.807) is 0 Å². The smallest absolute Gasteiger partial charge is 0.177 e. The van der Waals surface area contributed by atoms with Crippen molar-refractivity contribution >= 4 is 45.2 Å². The van der Waals surface area contributed by atoms with Crippen LogP contribution >= 0.6 is 11.6 Å². The number of rotatable bonds is 4. The first-order valence-corrected chi connectivity index (χ1v) is 12.4. The molecule has 6 rings (SSSR count). The van der Waals surface area contributed by atoms with Crippen molar-refractivity contribution in [1.82, 2.24) is 19.5 Å². The lowest BCUT2D eigenvalue weighted by Crippen LogP contribution is -2.44. The molecule has 0 radical (unpaired) electrons. The number of hydrogen-bond acceptors (Lipinski definition) is 7. The van der Waals surface area contributed by atoms with Gasteiger partial charge in [0.15, 0.2) is 11.5 Å². The monoisotopic (exact) mass is 520 g/mol. The molecule has 4 N–H and O–H groups in total. The van der Waals surface area contributed by atoms with Crippen LogP contribution in [0.3, 0.4) is 0 Å². The summed E-state index contributed by atoms with van der Waals surface area (Å²) >= 11 is 6.04. The molecule has 3 aromatic heterocycles. The lowest BCUT2D eigenvalue weighted by molar-refractivity contribution is -0.188. The Morgan fingerprint density at radius 1 is 1.19 bits per heavy atom. The van der Waals surface area contributed by atoms with Crippen LogP contribution in [0.5, 0.6) is 0 Å². The fourth-order valence-electron chi connectivity index (χ4n) is 5.98. The van der Waals surface area contributed by atoms with Crippen LogP contribution in [-0.2, 0) is 21.6 Å². The molecule has 190 valence electrons. The summed E-state index contributed by atoms with van der Waals surface area (Å²) in [5, 5.41) is 1.28. The van der Waals surface area contributed by atoms with E-state index in [0.717, 1.165) is 10.9 Å². The summed E-state index contributed by atoms with van der Waals surface area (Å²) in [6.45, 7) is 3.76. The van der Waals surface area contributed by atoms with E-state index in [2.05, 4.69) is 20.9 Å². The van der Waals surface area contributed by atoms with Gasteiger partial charge in [-0.25, -0.2) is 19.3 Å². The quantitative estimate of drug-likeness (QED) is 0.372. The van der Waals surface area contributed by atoms with Crippen LogP contribution in [0.15, 0.2) is 36.8 Å². The Labute approximate surface area is 218 Å². The number of aryl methyl sites for hydroxylation is 1. The van der Waals surface area contributed by atoms with Gasteiger partial charge < -0.3 is 25.5 Å². The van der Waals surface area contributed by atoms with Crippen molar-refractivity contribution in [2.45, 2.75) is 57.1 Å². The van der Waals surface area contributed by atoms with Crippen LogP contribution in [0, 0.1) is 23.6 Å². The van der Waals surface area contributed by atoms with Gasteiger partial charge in [0, 0.05) is 18.0 Å². The van der Waals surface area contributed by atoms with Crippen molar-refractivity contribution < 1.29 is 13.9 Å². The molecule has 0 bridgehead atoms. The summed E-state index contributed by atoms with van der Waals surface area (Å²) < 4.78 is 30.0. The average Bonchev–Trinajstić information content (AvgIpc) is 3.49. The van der Waals surface area contributed by atoms with Crippen molar-refractivity contribution in [3.05, 3.63) is 53.2 Å². The lowest BCUT2D eigenvalue weighted by Gasteiger charge is -2.34. The second kappa shape index (κ2) is 8.02. The molecule has 8 nitrogen and oxygen atoms in total. The van der Waals surface area contributed by atoms with E-state index in [9.17, 15) is 4.39 Å². The van der Waals surface area contributed by atoms with Gasteiger partial charge in [0.25, 0.3) is 0 Å². The zero-order valence-electron chi connectivity index (χ0n) is 20.5. The average molecular weight is 521 g/mol. The Morgan fingerprint density at radius 2 is 2.00 bits per heavy atom. The van der Waals surface area contributed by atoms with Gasteiger partial charge in [-0.15, -0.1) is 6.42 Å². The van der Waals surface area contributed by atoms with Gasteiger partial charge in [-0.1, -0.05) is 17.5 Å². The maximum Gasteiger partial charge on any atom is 0.177 e. The minimum absolute atomic E-state index is 0.161. The summed E-state index contributed by atoms with van der Waals surface area (Å²) in [6, 6.07) is 6.70. The predicted octanol–water partition coefficient (Wildman–Crippen LogP) is 4.79. The third kappa shape index (κ3) is 3.55. The van der Waals surface area contributed by atoms with Gasteiger partial charge in [-0.2, -0.15) is 0 Å². The van der Waals surface area contributed by atoms with Crippen LogP contribution in [0.25, 0.3) is 21.9 Å². The van der Waals surface area contributed by atoms with Gasteiger partial charge in [0.1, 0.15) is 35.5 Å². The molecule has 0 amide bonds.